The first-order valence-corrected chi connectivity index (χ1v) is 7.46. The van der Waals surface area contributed by atoms with Crippen LogP contribution in [0.15, 0.2) is 35.1 Å². The molecule has 2 aromatic rings. The van der Waals surface area contributed by atoms with Crippen LogP contribution in [-0.2, 0) is 24.2 Å². The van der Waals surface area contributed by atoms with E-state index in [1.54, 1.807) is 0 Å². The summed E-state index contributed by atoms with van der Waals surface area (Å²) in [6.07, 6.45) is 2.28. The Morgan fingerprint density at radius 3 is 2.85 bits per heavy atom. The third kappa shape index (κ3) is 4.27. The normalized spacial score (nSPS) is 11.0. The van der Waals surface area contributed by atoms with Crippen molar-refractivity contribution in [3.05, 3.63) is 46.5 Å². The highest BCUT2D eigenvalue weighted by Gasteiger charge is 2.12. The highest BCUT2D eigenvalue weighted by molar-refractivity contribution is 9.10. The fourth-order valence-electron chi connectivity index (χ4n) is 2.04. The summed E-state index contributed by atoms with van der Waals surface area (Å²) in [7, 11) is 0. The van der Waals surface area contributed by atoms with Crippen molar-refractivity contribution in [2.75, 3.05) is 0 Å². The predicted molar refractivity (Wildman–Crippen MR) is 81.4 cm³/mol. The van der Waals surface area contributed by atoms with Gasteiger partial charge in [0.2, 0.25) is 0 Å². The van der Waals surface area contributed by atoms with E-state index in [0.717, 1.165) is 22.4 Å². The predicted octanol–water partition coefficient (Wildman–Crippen LogP) is 3.05. The van der Waals surface area contributed by atoms with Gasteiger partial charge in [-0.15, -0.1) is 0 Å². The molecule has 0 radical (unpaired) electrons. The van der Waals surface area contributed by atoms with E-state index >= 15 is 0 Å². The second-order valence-corrected chi connectivity index (χ2v) is 6.19. The lowest BCUT2D eigenvalue weighted by Crippen LogP contribution is -2.15. The quantitative estimate of drug-likeness (QED) is 0.815. The molecular weight excluding hydrogens is 318 g/mol. The number of ketones is 1. The SMILES string of the molecule is CC(C)Cn1ncnc1CC(=O)Cc1cccc(Br)c1. The molecule has 0 spiro atoms. The van der Waals surface area contributed by atoms with Crippen LogP contribution in [0.1, 0.15) is 25.2 Å². The molecule has 0 atom stereocenters. The van der Waals surface area contributed by atoms with Crippen LogP contribution < -0.4 is 0 Å². The molecule has 0 aliphatic rings. The lowest BCUT2D eigenvalue weighted by molar-refractivity contribution is -0.117. The van der Waals surface area contributed by atoms with E-state index in [1.165, 1.54) is 6.33 Å². The highest BCUT2D eigenvalue weighted by atomic mass is 79.9. The first kappa shape index (κ1) is 14.9. The summed E-state index contributed by atoms with van der Waals surface area (Å²) in [5.41, 5.74) is 1.01. The summed E-state index contributed by atoms with van der Waals surface area (Å²) in [6.45, 7) is 5.03. The smallest absolute Gasteiger partial charge is 0.144 e. The number of hydrogen-bond donors (Lipinski definition) is 0. The van der Waals surface area contributed by atoms with Gasteiger partial charge in [0.1, 0.15) is 17.9 Å². The Kier molecular flexibility index (Phi) is 5.06. The molecule has 0 unspecified atom stereocenters. The summed E-state index contributed by atoms with van der Waals surface area (Å²) in [4.78, 5) is 16.3. The Hall–Kier alpha value is -1.49. The van der Waals surface area contributed by atoms with Gasteiger partial charge in [-0.05, 0) is 23.6 Å². The summed E-state index contributed by atoms with van der Waals surface area (Å²) in [5.74, 6) is 1.38. The summed E-state index contributed by atoms with van der Waals surface area (Å²) in [5, 5.41) is 4.18. The third-order valence-electron chi connectivity index (χ3n) is 2.88. The van der Waals surface area contributed by atoms with Gasteiger partial charge < -0.3 is 0 Å². The van der Waals surface area contributed by atoms with Crippen LogP contribution in [-0.4, -0.2) is 20.5 Å². The van der Waals surface area contributed by atoms with Crippen molar-refractivity contribution in [2.24, 2.45) is 5.92 Å². The second kappa shape index (κ2) is 6.79. The van der Waals surface area contributed by atoms with Crippen LogP contribution in [0, 0.1) is 5.92 Å². The molecule has 0 bridgehead atoms. The maximum Gasteiger partial charge on any atom is 0.144 e. The molecule has 1 aromatic heterocycles. The zero-order chi connectivity index (χ0) is 14.5. The summed E-state index contributed by atoms with van der Waals surface area (Å²) >= 11 is 3.41. The average molecular weight is 336 g/mol. The number of rotatable bonds is 6. The van der Waals surface area contributed by atoms with Crippen molar-refractivity contribution in [1.29, 1.82) is 0 Å². The van der Waals surface area contributed by atoms with Crippen LogP contribution >= 0.6 is 15.9 Å². The summed E-state index contributed by atoms with van der Waals surface area (Å²) in [6, 6.07) is 7.82. The maximum absolute atomic E-state index is 12.1. The minimum Gasteiger partial charge on any atom is -0.299 e. The van der Waals surface area contributed by atoms with E-state index in [0.29, 0.717) is 18.8 Å². The van der Waals surface area contributed by atoms with Gasteiger partial charge in [-0.2, -0.15) is 5.10 Å². The largest absolute Gasteiger partial charge is 0.299 e. The first-order chi connectivity index (χ1) is 9.54. The highest BCUT2D eigenvalue weighted by Crippen LogP contribution is 2.13. The molecule has 0 N–H and O–H groups in total. The van der Waals surface area contributed by atoms with Gasteiger partial charge in [-0.25, -0.2) is 9.67 Å². The molecule has 20 heavy (non-hydrogen) atoms. The molecule has 1 aromatic carbocycles. The van der Waals surface area contributed by atoms with Gasteiger partial charge in [0.15, 0.2) is 0 Å². The van der Waals surface area contributed by atoms with E-state index in [9.17, 15) is 4.79 Å². The number of carbonyl (C=O) groups excluding carboxylic acids is 1. The van der Waals surface area contributed by atoms with Gasteiger partial charge in [-0.1, -0.05) is 41.9 Å². The topological polar surface area (TPSA) is 47.8 Å². The Morgan fingerprint density at radius 1 is 1.35 bits per heavy atom. The van der Waals surface area contributed by atoms with E-state index < -0.39 is 0 Å². The van der Waals surface area contributed by atoms with E-state index in [2.05, 4.69) is 39.9 Å². The number of nitrogens with zero attached hydrogens (tertiary/aromatic N) is 3. The van der Waals surface area contributed by atoms with Crippen molar-refractivity contribution in [1.82, 2.24) is 14.8 Å². The van der Waals surface area contributed by atoms with Crippen molar-refractivity contribution < 1.29 is 4.79 Å². The standard InChI is InChI=1S/C15H18BrN3O/c1-11(2)9-19-15(17-10-18-19)8-14(20)7-12-4-3-5-13(16)6-12/h3-6,10-11H,7-9H2,1-2H3. The van der Waals surface area contributed by atoms with Crippen LogP contribution in [0.4, 0.5) is 0 Å². The Balaban J connectivity index is 2.00. The van der Waals surface area contributed by atoms with Crippen molar-refractivity contribution in [3.8, 4) is 0 Å². The molecule has 4 nitrogen and oxygen atoms in total. The molecule has 0 saturated heterocycles. The monoisotopic (exact) mass is 335 g/mol. The van der Waals surface area contributed by atoms with E-state index in [4.69, 9.17) is 0 Å². The molecule has 0 aliphatic carbocycles. The Bertz CT molecular complexity index is 592. The van der Waals surface area contributed by atoms with Crippen LogP contribution in [0.25, 0.3) is 0 Å². The van der Waals surface area contributed by atoms with Crippen LogP contribution in [0.3, 0.4) is 0 Å². The van der Waals surface area contributed by atoms with Crippen molar-refractivity contribution >= 4 is 21.7 Å². The Morgan fingerprint density at radius 2 is 2.15 bits per heavy atom. The molecule has 0 aliphatic heterocycles. The minimum atomic E-state index is 0.154. The van der Waals surface area contributed by atoms with Crippen molar-refractivity contribution in [3.63, 3.8) is 0 Å². The zero-order valence-electron chi connectivity index (χ0n) is 11.7. The first-order valence-electron chi connectivity index (χ1n) is 6.67. The number of benzene rings is 1. The van der Waals surface area contributed by atoms with Gasteiger partial charge in [0.25, 0.3) is 0 Å². The van der Waals surface area contributed by atoms with Gasteiger partial charge in [0.05, 0.1) is 6.42 Å². The molecule has 0 fully saturated rings. The Labute approximate surface area is 127 Å². The minimum absolute atomic E-state index is 0.154. The molecular formula is C15H18BrN3O. The van der Waals surface area contributed by atoms with Crippen molar-refractivity contribution in [2.45, 2.75) is 33.2 Å². The van der Waals surface area contributed by atoms with Gasteiger partial charge >= 0.3 is 0 Å². The van der Waals surface area contributed by atoms with Gasteiger partial charge in [0, 0.05) is 17.4 Å². The van der Waals surface area contributed by atoms with Crippen LogP contribution in [0.5, 0.6) is 0 Å². The van der Waals surface area contributed by atoms with E-state index in [1.807, 2.05) is 28.9 Å². The third-order valence-corrected chi connectivity index (χ3v) is 3.37. The molecule has 5 heteroatoms. The fourth-order valence-corrected chi connectivity index (χ4v) is 2.48. The van der Waals surface area contributed by atoms with E-state index in [-0.39, 0.29) is 5.78 Å². The molecule has 1 heterocycles. The fraction of sp³-hybridized carbons (Fsp3) is 0.400. The second-order valence-electron chi connectivity index (χ2n) is 5.27. The van der Waals surface area contributed by atoms with Gasteiger partial charge in [-0.3, -0.25) is 4.79 Å². The molecule has 0 saturated carbocycles. The lowest BCUT2D eigenvalue weighted by atomic mass is 10.1. The zero-order valence-corrected chi connectivity index (χ0v) is 13.3. The van der Waals surface area contributed by atoms with Crippen LogP contribution in [0.2, 0.25) is 0 Å². The number of carbonyl (C=O) groups is 1. The number of Topliss-reactive ketones (excluding diaryl/α,β-unsaturated/α-hetero) is 1. The molecule has 0 amide bonds. The molecule has 106 valence electrons. The average Bonchev–Trinajstić information content (AvgIpc) is 2.75. The lowest BCUT2D eigenvalue weighted by Gasteiger charge is -2.08. The number of aromatic nitrogens is 3. The number of hydrogen-bond acceptors (Lipinski definition) is 3. The summed E-state index contributed by atoms with van der Waals surface area (Å²) < 4.78 is 2.81. The number of halogens is 1. The molecule has 2 rings (SSSR count). The maximum atomic E-state index is 12.1.